The van der Waals surface area contributed by atoms with E-state index in [-0.39, 0.29) is 5.91 Å². The van der Waals surface area contributed by atoms with Crippen molar-refractivity contribution in [1.29, 1.82) is 0 Å². The Labute approximate surface area is 174 Å². The topological polar surface area (TPSA) is 41.9 Å². The molecule has 0 fully saturated rings. The Balaban J connectivity index is 1.86. The van der Waals surface area contributed by atoms with Crippen LogP contribution in [0.1, 0.15) is 16.7 Å². The highest BCUT2D eigenvalue weighted by Crippen LogP contribution is 2.31. The summed E-state index contributed by atoms with van der Waals surface area (Å²) in [4.78, 5) is 19.7. The molecule has 0 saturated carbocycles. The molecule has 0 aromatic heterocycles. The molecule has 5 heteroatoms. The van der Waals surface area contributed by atoms with Crippen molar-refractivity contribution in [2.45, 2.75) is 6.92 Å². The Bertz CT molecular complexity index is 1130. The Morgan fingerprint density at radius 3 is 2.48 bits per heavy atom. The van der Waals surface area contributed by atoms with Gasteiger partial charge in [-0.2, -0.15) is 0 Å². The molecule has 0 unspecified atom stereocenters. The molecule has 0 bridgehead atoms. The zero-order chi connectivity index (χ0) is 20.4. The zero-order valence-electron chi connectivity index (χ0n) is 16.1. The van der Waals surface area contributed by atoms with Crippen LogP contribution in [0.3, 0.4) is 0 Å². The van der Waals surface area contributed by atoms with Crippen LogP contribution in [0, 0.1) is 6.92 Å². The molecule has 4 nitrogen and oxygen atoms in total. The molecule has 1 amide bonds. The first kappa shape index (κ1) is 19.0. The zero-order valence-corrected chi connectivity index (χ0v) is 16.9. The van der Waals surface area contributed by atoms with Crippen molar-refractivity contribution < 1.29 is 9.53 Å². The normalized spacial score (nSPS) is 15.0. The first-order valence-electron chi connectivity index (χ1n) is 9.17. The number of anilines is 1. The molecule has 3 aromatic carbocycles. The largest absolute Gasteiger partial charge is 0.496 e. The average Bonchev–Trinajstić information content (AvgIpc) is 3.05. The van der Waals surface area contributed by atoms with E-state index in [9.17, 15) is 4.79 Å². The summed E-state index contributed by atoms with van der Waals surface area (Å²) in [6.07, 6.45) is 1.77. The molecule has 144 valence electrons. The molecule has 1 aliphatic rings. The second-order valence-corrected chi connectivity index (χ2v) is 7.13. The highest BCUT2D eigenvalue weighted by Gasteiger charge is 2.33. The molecule has 0 N–H and O–H groups in total. The summed E-state index contributed by atoms with van der Waals surface area (Å²) in [6, 6.07) is 22.6. The fourth-order valence-corrected chi connectivity index (χ4v) is 3.38. The fourth-order valence-electron chi connectivity index (χ4n) is 3.25. The van der Waals surface area contributed by atoms with E-state index in [0.29, 0.717) is 22.3 Å². The highest BCUT2D eigenvalue weighted by molar-refractivity contribution is 6.34. The number of ether oxygens (including phenoxy) is 1. The molecule has 3 aromatic rings. The monoisotopic (exact) mass is 402 g/mol. The molecule has 0 saturated heterocycles. The van der Waals surface area contributed by atoms with E-state index in [2.05, 4.69) is 0 Å². The van der Waals surface area contributed by atoms with Crippen molar-refractivity contribution in [2.24, 2.45) is 4.99 Å². The number of halogens is 1. The predicted octanol–water partition coefficient (Wildman–Crippen LogP) is 5.49. The number of nitrogens with zero attached hydrogens (tertiary/aromatic N) is 2. The number of hydrogen-bond donors (Lipinski definition) is 0. The summed E-state index contributed by atoms with van der Waals surface area (Å²) in [5, 5.41) is 0.643. The number of amidine groups is 1. The van der Waals surface area contributed by atoms with Gasteiger partial charge in [-0.1, -0.05) is 48.0 Å². The minimum atomic E-state index is -0.188. The van der Waals surface area contributed by atoms with Crippen LogP contribution in [-0.2, 0) is 4.79 Å². The summed E-state index contributed by atoms with van der Waals surface area (Å²) in [5.74, 6) is 1.01. The van der Waals surface area contributed by atoms with Gasteiger partial charge in [-0.25, -0.2) is 4.99 Å². The van der Waals surface area contributed by atoms with Crippen molar-refractivity contribution in [3.05, 3.63) is 100 Å². The van der Waals surface area contributed by atoms with Crippen molar-refractivity contribution in [2.75, 3.05) is 12.0 Å². The van der Waals surface area contributed by atoms with E-state index in [1.807, 2.05) is 67.6 Å². The maximum Gasteiger partial charge on any atom is 0.282 e. The Hall–Kier alpha value is -3.37. The number of aliphatic imine (C=N–C) groups is 1. The summed E-state index contributed by atoms with van der Waals surface area (Å²) in [5.41, 5.74) is 3.79. The van der Waals surface area contributed by atoms with Crippen molar-refractivity contribution in [3.63, 3.8) is 0 Å². The number of rotatable bonds is 4. The van der Waals surface area contributed by atoms with Crippen molar-refractivity contribution >= 4 is 35.1 Å². The van der Waals surface area contributed by atoms with Gasteiger partial charge in [0, 0.05) is 5.02 Å². The molecule has 1 aliphatic heterocycles. The van der Waals surface area contributed by atoms with Gasteiger partial charge in [0.2, 0.25) is 0 Å². The van der Waals surface area contributed by atoms with E-state index in [1.165, 1.54) is 0 Å². The molecule has 0 radical (unpaired) electrons. The molecule has 0 spiro atoms. The second-order valence-electron chi connectivity index (χ2n) is 6.70. The van der Waals surface area contributed by atoms with Crippen molar-refractivity contribution in [1.82, 2.24) is 0 Å². The minimum absolute atomic E-state index is 0.188. The first-order valence-corrected chi connectivity index (χ1v) is 9.55. The van der Waals surface area contributed by atoms with Crippen LogP contribution >= 0.6 is 11.6 Å². The van der Waals surface area contributed by atoms with Crippen LogP contribution in [-0.4, -0.2) is 18.9 Å². The van der Waals surface area contributed by atoms with Gasteiger partial charge in [-0.15, -0.1) is 0 Å². The average molecular weight is 403 g/mol. The lowest BCUT2D eigenvalue weighted by Crippen LogP contribution is -2.32. The number of hydrogen-bond acceptors (Lipinski definition) is 3. The van der Waals surface area contributed by atoms with Gasteiger partial charge in [0.05, 0.1) is 18.4 Å². The standard InChI is InChI=1S/C24H19ClN2O2/c1-16-6-5-7-19(14-16)27-23(20-8-3-4-9-22(20)29-2)26-21(24(27)28)15-17-10-12-18(25)13-11-17/h3-15H,1-2H3/b21-15+. The van der Waals surface area contributed by atoms with E-state index in [4.69, 9.17) is 21.3 Å². The van der Waals surface area contributed by atoms with E-state index < -0.39 is 0 Å². The quantitative estimate of drug-likeness (QED) is 0.541. The third-order valence-corrected chi connectivity index (χ3v) is 4.89. The molecule has 4 rings (SSSR count). The summed E-state index contributed by atoms with van der Waals surface area (Å²) < 4.78 is 5.51. The van der Waals surface area contributed by atoms with Gasteiger partial charge >= 0.3 is 0 Å². The Morgan fingerprint density at radius 1 is 1.00 bits per heavy atom. The van der Waals surface area contributed by atoms with Gasteiger partial charge in [0.1, 0.15) is 11.4 Å². The van der Waals surface area contributed by atoms with Crippen LogP contribution in [0.5, 0.6) is 5.75 Å². The summed E-state index contributed by atoms with van der Waals surface area (Å²) >= 11 is 5.97. The van der Waals surface area contributed by atoms with Gasteiger partial charge < -0.3 is 4.74 Å². The molecular formula is C24H19ClN2O2. The number of methoxy groups -OCH3 is 1. The minimum Gasteiger partial charge on any atom is -0.496 e. The van der Waals surface area contributed by atoms with Crippen molar-refractivity contribution in [3.8, 4) is 5.75 Å². The lowest BCUT2D eigenvalue weighted by atomic mass is 10.1. The Morgan fingerprint density at radius 2 is 1.76 bits per heavy atom. The van der Waals surface area contributed by atoms with Crippen LogP contribution in [0.25, 0.3) is 6.08 Å². The number of amides is 1. The number of para-hydroxylation sites is 1. The lowest BCUT2D eigenvalue weighted by molar-refractivity contribution is -0.113. The number of aryl methyl sites for hydroxylation is 1. The van der Waals surface area contributed by atoms with E-state index >= 15 is 0 Å². The highest BCUT2D eigenvalue weighted by atomic mass is 35.5. The van der Waals surface area contributed by atoms with Gasteiger partial charge in [0.15, 0.2) is 5.84 Å². The number of carbonyl (C=O) groups is 1. The van der Waals surface area contributed by atoms with E-state index in [1.54, 1.807) is 30.2 Å². The number of benzene rings is 3. The molecule has 0 atom stereocenters. The SMILES string of the molecule is COc1ccccc1C1=N/C(=C/c2ccc(Cl)cc2)C(=O)N1c1cccc(C)c1. The molecule has 29 heavy (non-hydrogen) atoms. The summed E-state index contributed by atoms with van der Waals surface area (Å²) in [7, 11) is 1.61. The third kappa shape index (κ3) is 3.80. The smallest absolute Gasteiger partial charge is 0.282 e. The van der Waals surface area contributed by atoms with Crippen LogP contribution in [0.15, 0.2) is 83.5 Å². The molecule has 0 aliphatic carbocycles. The van der Waals surface area contributed by atoms with Gasteiger partial charge in [-0.3, -0.25) is 9.69 Å². The van der Waals surface area contributed by atoms with Crippen LogP contribution in [0.2, 0.25) is 5.02 Å². The maximum absolute atomic E-state index is 13.3. The van der Waals surface area contributed by atoms with E-state index in [0.717, 1.165) is 22.4 Å². The van der Waals surface area contributed by atoms with Gasteiger partial charge in [0.25, 0.3) is 5.91 Å². The van der Waals surface area contributed by atoms with Crippen LogP contribution < -0.4 is 9.64 Å². The predicted molar refractivity (Wildman–Crippen MR) is 118 cm³/mol. The second kappa shape index (κ2) is 7.94. The molecular weight excluding hydrogens is 384 g/mol. The first-order chi connectivity index (χ1) is 14.1. The lowest BCUT2D eigenvalue weighted by Gasteiger charge is -2.20. The third-order valence-electron chi connectivity index (χ3n) is 4.64. The maximum atomic E-state index is 13.3. The number of carbonyl (C=O) groups excluding carboxylic acids is 1. The summed E-state index contributed by atoms with van der Waals surface area (Å²) in [6.45, 7) is 1.99. The fraction of sp³-hybridized carbons (Fsp3) is 0.0833. The molecule has 1 heterocycles. The van der Waals surface area contributed by atoms with Crippen LogP contribution in [0.4, 0.5) is 5.69 Å². The van der Waals surface area contributed by atoms with Gasteiger partial charge in [-0.05, 0) is 60.5 Å². The Kier molecular flexibility index (Phi) is 5.19.